The first-order valence-corrected chi connectivity index (χ1v) is 4.13. The molecule has 10 heavy (non-hydrogen) atoms. The number of amides is 2. The molecule has 0 saturated carbocycles. The van der Waals surface area contributed by atoms with Gasteiger partial charge in [0.15, 0.2) is 0 Å². The van der Waals surface area contributed by atoms with E-state index in [0.717, 1.165) is 11.5 Å². The van der Waals surface area contributed by atoms with Crippen molar-refractivity contribution in [2.45, 2.75) is 6.92 Å². The highest BCUT2D eigenvalue weighted by Gasteiger charge is 1.89. The van der Waals surface area contributed by atoms with Gasteiger partial charge in [-0.2, -0.15) is 16.9 Å². The van der Waals surface area contributed by atoms with E-state index in [1.807, 2.05) is 13.2 Å². The summed E-state index contributed by atoms with van der Waals surface area (Å²) in [6.45, 7) is 1.83. The number of carbonyl (C=O) groups is 1. The fourth-order valence-electron chi connectivity index (χ4n) is 0.392. The predicted octanol–water partition coefficient (Wildman–Crippen LogP) is 0.394. The van der Waals surface area contributed by atoms with E-state index < -0.39 is 6.03 Å². The van der Waals surface area contributed by atoms with Crippen molar-refractivity contribution in [3.05, 3.63) is 0 Å². The number of nitrogens with one attached hydrogen (secondary N) is 1. The van der Waals surface area contributed by atoms with E-state index in [1.54, 1.807) is 11.8 Å². The van der Waals surface area contributed by atoms with Gasteiger partial charge in [0.05, 0.1) is 0 Å². The number of nitrogens with zero attached hydrogens (tertiary/aromatic N) is 1. The number of hydrogen-bond acceptors (Lipinski definition) is 3. The van der Waals surface area contributed by atoms with Gasteiger partial charge in [-0.3, -0.25) is 0 Å². The van der Waals surface area contributed by atoms with E-state index >= 15 is 0 Å². The Kier molecular flexibility index (Phi) is 4.74. The van der Waals surface area contributed by atoms with E-state index in [1.165, 1.54) is 0 Å². The first-order valence-electron chi connectivity index (χ1n) is 2.74. The minimum atomic E-state index is -0.625. The van der Waals surface area contributed by atoms with Crippen LogP contribution in [0.4, 0.5) is 4.79 Å². The first-order chi connectivity index (χ1) is 4.66. The van der Waals surface area contributed by atoms with Crippen LogP contribution in [0.2, 0.25) is 0 Å². The molecule has 0 aliphatic heterocycles. The summed E-state index contributed by atoms with van der Waals surface area (Å²) < 4.78 is 0. The van der Waals surface area contributed by atoms with E-state index in [0.29, 0.717) is 0 Å². The summed E-state index contributed by atoms with van der Waals surface area (Å²) in [5, 5.41) is 3.68. The van der Waals surface area contributed by atoms with Crippen molar-refractivity contribution in [1.82, 2.24) is 5.43 Å². The number of rotatable bonds is 3. The summed E-state index contributed by atoms with van der Waals surface area (Å²) in [5.74, 6) is 0.806. The van der Waals surface area contributed by atoms with Crippen LogP contribution in [0.1, 0.15) is 6.92 Å². The number of carbonyl (C=O) groups excluding carboxylic acids is 1. The maximum Gasteiger partial charge on any atom is 0.332 e. The summed E-state index contributed by atoms with van der Waals surface area (Å²) in [4.78, 5) is 10.1. The van der Waals surface area contributed by atoms with Crippen LogP contribution in [0, 0.1) is 0 Å². The lowest BCUT2D eigenvalue weighted by Crippen LogP contribution is -2.25. The van der Waals surface area contributed by atoms with Crippen LogP contribution >= 0.6 is 11.8 Å². The van der Waals surface area contributed by atoms with Crippen LogP contribution < -0.4 is 11.2 Å². The number of primary amides is 1. The number of urea groups is 1. The van der Waals surface area contributed by atoms with Gasteiger partial charge in [0, 0.05) is 11.5 Å². The molecule has 0 saturated heterocycles. The van der Waals surface area contributed by atoms with E-state index in [9.17, 15) is 4.79 Å². The van der Waals surface area contributed by atoms with Crippen molar-refractivity contribution in [1.29, 1.82) is 0 Å². The number of hydrogen-bond donors (Lipinski definition) is 2. The molecule has 58 valence electrons. The van der Waals surface area contributed by atoms with Crippen LogP contribution in [0.15, 0.2) is 5.10 Å². The SMILES string of the molecule is CSC/C(C)=N/NC(N)=O. The Hall–Kier alpha value is -0.710. The zero-order valence-electron chi connectivity index (χ0n) is 6.05. The molecule has 4 nitrogen and oxygen atoms in total. The second kappa shape index (κ2) is 5.10. The van der Waals surface area contributed by atoms with Gasteiger partial charge in [-0.1, -0.05) is 0 Å². The maximum atomic E-state index is 10.1. The van der Waals surface area contributed by atoms with Gasteiger partial charge in [0.2, 0.25) is 0 Å². The van der Waals surface area contributed by atoms with Crippen molar-refractivity contribution >= 4 is 23.5 Å². The van der Waals surface area contributed by atoms with Crippen molar-refractivity contribution in [3.8, 4) is 0 Å². The number of thioether (sulfide) groups is 1. The van der Waals surface area contributed by atoms with Crippen LogP contribution in [-0.4, -0.2) is 23.8 Å². The van der Waals surface area contributed by atoms with Gasteiger partial charge in [-0.15, -0.1) is 0 Å². The van der Waals surface area contributed by atoms with Crippen LogP contribution in [0.25, 0.3) is 0 Å². The highest BCUT2D eigenvalue weighted by molar-refractivity contribution is 7.99. The Balaban J connectivity index is 3.57. The van der Waals surface area contributed by atoms with E-state index in [4.69, 9.17) is 5.73 Å². The number of nitrogens with two attached hydrogens (primary N) is 1. The minimum absolute atomic E-state index is 0.625. The Morgan fingerprint density at radius 1 is 1.80 bits per heavy atom. The van der Waals surface area contributed by atoms with Gasteiger partial charge in [0.25, 0.3) is 0 Å². The molecule has 0 aromatic carbocycles. The van der Waals surface area contributed by atoms with Gasteiger partial charge < -0.3 is 5.73 Å². The second-order valence-electron chi connectivity index (χ2n) is 1.76. The molecule has 0 radical (unpaired) electrons. The van der Waals surface area contributed by atoms with Gasteiger partial charge in [-0.05, 0) is 13.2 Å². The molecule has 0 aromatic rings. The molecule has 0 unspecified atom stereocenters. The molecule has 0 aliphatic rings. The van der Waals surface area contributed by atoms with Crippen LogP contribution in [0.5, 0.6) is 0 Å². The average molecular weight is 161 g/mol. The average Bonchev–Trinajstić information content (AvgIpc) is 1.85. The molecule has 0 aromatic heterocycles. The topological polar surface area (TPSA) is 67.5 Å². The lowest BCUT2D eigenvalue weighted by molar-refractivity contribution is 0.249. The zero-order valence-corrected chi connectivity index (χ0v) is 6.86. The molecule has 0 fully saturated rings. The quantitative estimate of drug-likeness (QED) is 0.464. The highest BCUT2D eigenvalue weighted by atomic mass is 32.2. The standard InChI is InChI=1S/C5H11N3OS/c1-4(3-10-2)7-8-5(6)9/h3H2,1-2H3,(H3,6,8,9)/b7-4+. The Bertz CT molecular complexity index is 146. The molecule has 0 bridgehead atoms. The van der Waals surface area contributed by atoms with E-state index in [-0.39, 0.29) is 0 Å². The molecule has 0 rings (SSSR count). The maximum absolute atomic E-state index is 10.1. The van der Waals surface area contributed by atoms with Crippen molar-refractivity contribution in [2.75, 3.05) is 12.0 Å². The summed E-state index contributed by atoms with van der Waals surface area (Å²) >= 11 is 1.64. The second-order valence-corrected chi connectivity index (χ2v) is 2.62. The van der Waals surface area contributed by atoms with E-state index in [2.05, 4.69) is 10.5 Å². The monoisotopic (exact) mass is 161 g/mol. The zero-order chi connectivity index (χ0) is 7.98. The lowest BCUT2D eigenvalue weighted by Gasteiger charge is -1.95. The molecule has 0 atom stereocenters. The summed E-state index contributed by atoms with van der Waals surface area (Å²) in [6, 6.07) is -0.625. The molecular formula is C5H11N3OS. The third kappa shape index (κ3) is 5.43. The largest absolute Gasteiger partial charge is 0.350 e. The number of hydrazone groups is 1. The van der Waals surface area contributed by atoms with Gasteiger partial charge >= 0.3 is 6.03 Å². The fourth-order valence-corrected chi connectivity index (χ4v) is 0.874. The van der Waals surface area contributed by atoms with Gasteiger partial charge in [0.1, 0.15) is 0 Å². The van der Waals surface area contributed by atoms with Crippen molar-refractivity contribution in [3.63, 3.8) is 0 Å². The normalized spacial score (nSPS) is 11.2. The Labute approximate surface area is 64.2 Å². The highest BCUT2D eigenvalue weighted by Crippen LogP contribution is 1.91. The summed E-state index contributed by atoms with van der Waals surface area (Å²) in [7, 11) is 0. The lowest BCUT2D eigenvalue weighted by atomic mass is 10.5. The summed E-state index contributed by atoms with van der Waals surface area (Å²) in [6.07, 6.45) is 1.96. The Morgan fingerprint density at radius 3 is 2.80 bits per heavy atom. The van der Waals surface area contributed by atoms with Crippen LogP contribution in [0.3, 0.4) is 0 Å². The smallest absolute Gasteiger partial charge is 0.332 e. The fraction of sp³-hybridized carbons (Fsp3) is 0.600. The van der Waals surface area contributed by atoms with Gasteiger partial charge in [-0.25, -0.2) is 10.2 Å². The third-order valence-corrected chi connectivity index (χ3v) is 1.42. The minimum Gasteiger partial charge on any atom is -0.350 e. The first kappa shape index (κ1) is 9.29. The van der Waals surface area contributed by atoms with Crippen LogP contribution in [-0.2, 0) is 0 Å². The molecule has 2 amide bonds. The van der Waals surface area contributed by atoms with Crippen molar-refractivity contribution < 1.29 is 4.79 Å². The molecule has 0 aliphatic carbocycles. The molecular weight excluding hydrogens is 150 g/mol. The predicted molar refractivity (Wildman–Crippen MR) is 44.2 cm³/mol. The molecule has 0 spiro atoms. The Morgan fingerprint density at radius 2 is 2.40 bits per heavy atom. The molecule has 5 heteroatoms. The third-order valence-electron chi connectivity index (χ3n) is 0.710. The molecule has 0 heterocycles. The van der Waals surface area contributed by atoms with Crippen molar-refractivity contribution in [2.24, 2.45) is 10.8 Å². The molecule has 3 N–H and O–H groups in total. The summed E-state index contributed by atoms with van der Waals surface area (Å²) in [5.41, 5.74) is 7.77.